The number of piperidine rings is 1. The van der Waals surface area contributed by atoms with Crippen LogP contribution in [-0.2, 0) is 19.4 Å². The van der Waals surface area contributed by atoms with Gasteiger partial charge < -0.3 is 15.2 Å². The topological polar surface area (TPSA) is 41.9 Å². The van der Waals surface area contributed by atoms with Crippen LogP contribution in [-0.4, -0.2) is 28.7 Å². The average Bonchev–Trinajstić information content (AvgIpc) is 3.06. The Hall–Kier alpha value is -2.33. The maximum Gasteiger partial charge on any atom is 0.114 e. The molecule has 2 aliphatic heterocycles. The van der Waals surface area contributed by atoms with E-state index in [0.717, 1.165) is 32.5 Å². The number of anilines is 1. The molecule has 4 nitrogen and oxygen atoms in total. The number of benzene rings is 2. The standard InChI is InChI=1S/C24H30N4/c1-17-9-10-20-21(26-17)11-12-22-24(20)27-23(14-18-6-3-2-4-7-18)28(22)16-19-8-5-13-25-15-19/h2-4,6-7,11-12,17,19,25-26H,5,8-10,13-16H2,1H3/t17-,19-/m0/s1. The van der Waals surface area contributed by atoms with Gasteiger partial charge in [0, 0.05) is 30.3 Å². The van der Waals surface area contributed by atoms with Crippen molar-refractivity contribution in [1.82, 2.24) is 14.9 Å². The van der Waals surface area contributed by atoms with Gasteiger partial charge in [0.25, 0.3) is 0 Å². The molecular formula is C24H30N4. The summed E-state index contributed by atoms with van der Waals surface area (Å²) in [7, 11) is 0. The molecule has 2 aliphatic rings. The zero-order valence-corrected chi connectivity index (χ0v) is 16.7. The number of aryl methyl sites for hydroxylation is 1. The Bertz CT molecular complexity index is 954. The molecule has 3 aromatic rings. The molecule has 3 heterocycles. The molecule has 0 radical (unpaired) electrons. The van der Waals surface area contributed by atoms with Gasteiger partial charge in [-0.2, -0.15) is 0 Å². The third kappa shape index (κ3) is 3.42. The molecule has 0 saturated carbocycles. The van der Waals surface area contributed by atoms with Gasteiger partial charge >= 0.3 is 0 Å². The van der Waals surface area contributed by atoms with Gasteiger partial charge in [0.05, 0.1) is 11.0 Å². The highest BCUT2D eigenvalue weighted by atomic mass is 15.1. The Morgan fingerprint density at radius 2 is 2.00 bits per heavy atom. The smallest absolute Gasteiger partial charge is 0.114 e. The van der Waals surface area contributed by atoms with Gasteiger partial charge in [-0.3, -0.25) is 0 Å². The first-order valence-electron chi connectivity index (χ1n) is 10.8. The summed E-state index contributed by atoms with van der Waals surface area (Å²) in [4.78, 5) is 5.21. The predicted octanol–water partition coefficient (Wildman–Crippen LogP) is 4.37. The lowest BCUT2D eigenvalue weighted by Gasteiger charge is -2.25. The fraction of sp³-hybridized carbons (Fsp3) is 0.458. The Balaban J connectivity index is 1.57. The zero-order valence-electron chi connectivity index (χ0n) is 16.7. The molecule has 0 bridgehead atoms. The molecular weight excluding hydrogens is 344 g/mol. The van der Waals surface area contributed by atoms with Crippen molar-refractivity contribution >= 4 is 16.7 Å². The van der Waals surface area contributed by atoms with E-state index in [1.54, 1.807) is 0 Å². The molecule has 0 amide bonds. The highest BCUT2D eigenvalue weighted by Crippen LogP contribution is 2.33. The molecule has 2 atom stereocenters. The zero-order chi connectivity index (χ0) is 18.9. The van der Waals surface area contributed by atoms with E-state index in [2.05, 4.69) is 64.6 Å². The maximum absolute atomic E-state index is 5.21. The summed E-state index contributed by atoms with van der Waals surface area (Å²) < 4.78 is 2.51. The number of rotatable bonds is 4. The van der Waals surface area contributed by atoms with Gasteiger partial charge in [-0.1, -0.05) is 30.3 Å². The summed E-state index contributed by atoms with van der Waals surface area (Å²) >= 11 is 0. The molecule has 146 valence electrons. The monoisotopic (exact) mass is 374 g/mol. The molecule has 4 heteroatoms. The summed E-state index contributed by atoms with van der Waals surface area (Å²) in [5.74, 6) is 1.90. The van der Waals surface area contributed by atoms with Crippen LogP contribution in [0.2, 0.25) is 0 Å². The van der Waals surface area contributed by atoms with Crippen LogP contribution in [0, 0.1) is 5.92 Å². The van der Waals surface area contributed by atoms with Gasteiger partial charge in [-0.25, -0.2) is 4.98 Å². The minimum atomic E-state index is 0.545. The van der Waals surface area contributed by atoms with Gasteiger partial charge in [0.2, 0.25) is 0 Å². The van der Waals surface area contributed by atoms with E-state index >= 15 is 0 Å². The second kappa shape index (κ2) is 7.59. The SMILES string of the molecule is C[C@H]1CCc2c(ccc3c2nc(Cc2ccccc2)n3C[C@H]2CCCNC2)N1. The first-order chi connectivity index (χ1) is 13.8. The summed E-state index contributed by atoms with van der Waals surface area (Å²) in [6.07, 6.45) is 5.78. The molecule has 0 aliphatic carbocycles. The van der Waals surface area contributed by atoms with E-state index < -0.39 is 0 Å². The molecule has 1 saturated heterocycles. The second-order valence-electron chi connectivity index (χ2n) is 8.56. The van der Waals surface area contributed by atoms with Crippen LogP contribution in [0.15, 0.2) is 42.5 Å². The number of nitrogens with one attached hydrogen (secondary N) is 2. The van der Waals surface area contributed by atoms with Crippen LogP contribution in [0.25, 0.3) is 11.0 Å². The highest BCUT2D eigenvalue weighted by molar-refractivity contribution is 5.86. The first-order valence-corrected chi connectivity index (χ1v) is 10.8. The van der Waals surface area contributed by atoms with Crippen LogP contribution < -0.4 is 10.6 Å². The molecule has 0 spiro atoms. The molecule has 1 aromatic heterocycles. The largest absolute Gasteiger partial charge is 0.382 e. The van der Waals surface area contributed by atoms with Gasteiger partial charge in [-0.05, 0) is 69.3 Å². The summed E-state index contributed by atoms with van der Waals surface area (Å²) in [5.41, 5.74) is 6.55. The molecule has 5 rings (SSSR count). The summed E-state index contributed by atoms with van der Waals surface area (Å²) in [6, 6.07) is 15.9. The van der Waals surface area contributed by atoms with Crippen LogP contribution in [0.4, 0.5) is 5.69 Å². The van der Waals surface area contributed by atoms with Crippen LogP contribution in [0.3, 0.4) is 0 Å². The third-order valence-electron chi connectivity index (χ3n) is 6.38. The third-order valence-corrected chi connectivity index (χ3v) is 6.38. The molecule has 2 aromatic carbocycles. The van der Waals surface area contributed by atoms with E-state index in [1.165, 1.54) is 52.9 Å². The lowest BCUT2D eigenvalue weighted by molar-refractivity contribution is 0.337. The summed E-state index contributed by atoms with van der Waals surface area (Å²) in [6.45, 7) is 5.61. The van der Waals surface area contributed by atoms with Gasteiger partial charge in [0.15, 0.2) is 0 Å². The second-order valence-corrected chi connectivity index (χ2v) is 8.56. The fourth-order valence-corrected chi connectivity index (χ4v) is 4.84. The quantitative estimate of drug-likeness (QED) is 0.712. The molecule has 1 fully saturated rings. The van der Waals surface area contributed by atoms with Crippen molar-refractivity contribution in [2.75, 3.05) is 18.4 Å². The van der Waals surface area contributed by atoms with Crippen molar-refractivity contribution in [3.63, 3.8) is 0 Å². The fourth-order valence-electron chi connectivity index (χ4n) is 4.84. The number of fused-ring (bicyclic) bond motifs is 3. The van der Waals surface area contributed by atoms with E-state index in [0.29, 0.717) is 12.0 Å². The van der Waals surface area contributed by atoms with Crippen molar-refractivity contribution in [3.05, 3.63) is 59.4 Å². The van der Waals surface area contributed by atoms with E-state index in [4.69, 9.17) is 4.98 Å². The van der Waals surface area contributed by atoms with E-state index in [1.807, 2.05) is 0 Å². The van der Waals surface area contributed by atoms with Crippen molar-refractivity contribution in [2.24, 2.45) is 5.92 Å². The van der Waals surface area contributed by atoms with Crippen molar-refractivity contribution < 1.29 is 0 Å². The minimum absolute atomic E-state index is 0.545. The van der Waals surface area contributed by atoms with Crippen molar-refractivity contribution in [3.8, 4) is 0 Å². The van der Waals surface area contributed by atoms with Gasteiger partial charge in [0.1, 0.15) is 5.82 Å². The summed E-state index contributed by atoms with van der Waals surface area (Å²) in [5, 5.41) is 7.23. The number of imidazole rings is 1. The predicted molar refractivity (Wildman–Crippen MR) is 116 cm³/mol. The number of hydrogen-bond acceptors (Lipinski definition) is 3. The van der Waals surface area contributed by atoms with Crippen molar-refractivity contribution in [2.45, 2.75) is 51.6 Å². The number of hydrogen-bond donors (Lipinski definition) is 2. The number of aromatic nitrogens is 2. The first kappa shape index (κ1) is 17.7. The normalized spacial score (nSPS) is 22.0. The molecule has 2 N–H and O–H groups in total. The van der Waals surface area contributed by atoms with E-state index in [-0.39, 0.29) is 0 Å². The Labute approximate surface area is 167 Å². The number of nitrogens with zero attached hydrogens (tertiary/aromatic N) is 2. The van der Waals surface area contributed by atoms with Crippen LogP contribution >= 0.6 is 0 Å². The van der Waals surface area contributed by atoms with E-state index in [9.17, 15) is 0 Å². The highest BCUT2D eigenvalue weighted by Gasteiger charge is 2.23. The Morgan fingerprint density at radius 1 is 1.11 bits per heavy atom. The lowest BCUT2D eigenvalue weighted by Crippen LogP contribution is -2.32. The van der Waals surface area contributed by atoms with Gasteiger partial charge in [-0.15, -0.1) is 0 Å². The lowest BCUT2D eigenvalue weighted by atomic mass is 9.97. The Kier molecular flexibility index (Phi) is 4.81. The molecule has 28 heavy (non-hydrogen) atoms. The average molecular weight is 375 g/mol. The van der Waals surface area contributed by atoms with Crippen LogP contribution in [0.5, 0.6) is 0 Å². The maximum atomic E-state index is 5.21. The minimum Gasteiger partial charge on any atom is -0.382 e. The Morgan fingerprint density at radius 3 is 2.82 bits per heavy atom. The van der Waals surface area contributed by atoms with Crippen molar-refractivity contribution in [1.29, 1.82) is 0 Å². The molecule has 0 unspecified atom stereocenters. The van der Waals surface area contributed by atoms with Crippen LogP contribution in [0.1, 0.15) is 43.1 Å².